The minimum atomic E-state index is -0.494. The van der Waals surface area contributed by atoms with Crippen LogP contribution in [0.3, 0.4) is 0 Å². The van der Waals surface area contributed by atoms with E-state index in [2.05, 4.69) is 27.1 Å². The number of rotatable bonds is 7. The van der Waals surface area contributed by atoms with Crippen LogP contribution in [0.25, 0.3) is 0 Å². The highest BCUT2D eigenvalue weighted by Crippen LogP contribution is 2.31. The van der Waals surface area contributed by atoms with Crippen LogP contribution in [0.4, 0.5) is 5.82 Å². The number of nitrogens with one attached hydrogen (secondary N) is 1. The van der Waals surface area contributed by atoms with Crippen LogP contribution in [0.1, 0.15) is 59.0 Å². The highest BCUT2D eigenvalue weighted by Gasteiger charge is 2.22. The number of amides is 1. The van der Waals surface area contributed by atoms with Crippen LogP contribution in [0.5, 0.6) is 0 Å². The molecule has 1 aromatic carbocycles. The summed E-state index contributed by atoms with van der Waals surface area (Å²) < 4.78 is 9.25. The summed E-state index contributed by atoms with van der Waals surface area (Å²) in [5.41, 5.74) is 3.43. The largest absolute Gasteiger partial charge is 0.452 e. The molecule has 0 atom stereocenters. The van der Waals surface area contributed by atoms with Gasteiger partial charge in [0.1, 0.15) is 5.82 Å². The number of benzene rings is 1. The summed E-state index contributed by atoms with van der Waals surface area (Å²) in [7, 11) is 0. The molecule has 1 amide bonds. The highest BCUT2D eigenvalue weighted by atomic mass is 16.5. The molecule has 0 radical (unpaired) electrons. The Morgan fingerprint density at radius 2 is 1.87 bits per heavy atom. The van der Waals surface area contributed by atoms with Crippen molar-refractivity contribution in [2.75, 3.05) is 11.9 Å². The number of aromatic nitrogens is 3. The Labute approximate surface area is 182 Å². The first-order chi connectivity index (χ1) is 15.0. The van der Waals surface area contributed by atoms with Crippen LogP contribution in [0.2, 0.25) is 0 Å². The number of hydrogen-bond donors (Lipinski definition) is 1. The van der Waals surface area contributed by atoms with Gasteiger partial charge < -0.3 is 14.6 Å². The van der Waals surface area contributed by atoms with Crippen molar-refractivity contribution in [1.82, 2.24) is 14.3 Å². The van der Waals surface area contributed by atoms with Crippen LogP contribution in [-0.2, 0) is 16.1 Å². The van der Waals surface area contributed by atoms with Gasteiger partial charge in [-0.1, -0.05) is 43.2 Å². The van der Waals surface area contributed by atoms with Gasteiger partial charge in [-0.05, 0) is 38.3 Å². The van der Waals surface area contributed by atoms with Crippen molar-refractivity contribution in [1.29, 1.82) is 0 Å². The average molecular weight is 421 g/mol. The van der Waals surface area contributed by atoms with E-state index in [-0.39, 0.29) is 12.5 Å². The van der Waals surface area contributed by atoms with E-state index >= 15 is 0 Å². The van der Waals surface area contributed by atoms with Gasteiger partial charge in [0.2, 0.25) is 0 Å². The maximum Gasteiger partial charge on any atom is 0.340 e. The van der Waals surface area contributed by atoms with E-state index in [1.165, 1.54) is 12.8 Å². The Morgan fingerprint density at radius 1 is 1.13 bits per heavy atom. The van der Waals surface area contributed by atoms with Gasteiger partial charge in [-0.2, -0.15) is 5.10 Å². The monoisotopic (exact) mass is 420 g/mol. The zero-order valence-electron chi connectivity index (χ0n) is 18.0. The second kappa shape index (κ2) is 9.20. The molecule has 4 rings (SSSR count). The van der Waals surface area contributed by atoms with Gasteiger partial charge in [0.05, 0.1) is 17.8 Å². The summed E-state index contributed by atoms with van der Waals surface area (Å²) in [5, 5.41) is 7.16. The first kappa shape index (κ1) is 20.9. The summed E-state index contributed by atoms with van der Waals surface area (Å²) in [6.45, 7) is 4.20. The lowest BCUT2D eigenvalue weighted by Crippen LogP contribution is -2.23. The second-order valence-electron chi connectivity index (χ2n) is 8.08. The van der Waals surface area contributed by atoms with Crippen molar-refractivity contribution in [3.63, 3.8) is 0 Å². The van der Waals surface area contributed by atoms with Crippen LogP contribution in [0, 0.1) is 13.8 Å². The molecule has 1 saturated carbocycles. The Hall–Kier alpha value is -3.35. The molecule has 1 N–H and O–H groups in total. The van der Waals surface area contributed by atoms with E-state index in [9.17, 15) is 9.59 Å². The Kier molecular flexibility index (Phi) is 6.21. The molecule has 0 saturated heterocycles. The van der Waals surface area contributed by atoms with E-state index in [0.29, 0.717) is 24.0 Å². The number of carbonyl (C=O) groups is 2. The number of carbonyl (C=O) groups excluding carboxylic acids is 2. The summed E-state index contributed by atoms with van der Waals surface area (Å²) in [6.07, 6.45) is 6.17. The summed E-state index contributed by atoms with van der Waals surface area (Å²) in [6, 6.07) is 14.0. The maximum atomic E-state index is 12.6. The average Bonchev–Trinajstić information content (AvgIpc) is 3.50. The molecule has 2 heterocycles. The van der Waals surface area contributed by atoms with Crippen molar-refractivity contribution in [3.05, 3.63) is 71.2 Å². The molecule has 0 unspecified atom stereocenters. The van der Waals surface area contributed by atoms with Gasteiger partial charge in [0, 0.05) is 24.0 Å². The Morgan fingerprint density at radius 3 is 2.61 bits per heavy atom. The molecule has 162 valence electrons. The van der Waals surface area contributed by atoms with Crippen molar-refractivity contribution in [3.8, 4) is 0 Å². The number of aryl methyl sites for hydroxylation is 1. The predicted octanol–water partition coefficient (Wildman–Crippen LogP) is 4.26. The molecule has 3 aromatic rings. The van der Waals surface area contributed by atoms with Crippen LogP contribution < -0.4 is 5.32 Å². The maximum absolute atomic E-state index is 12.6. The van der Waals surface area contributed by atoms with Crippen molar-refractivity contribution >= 4 is 17.7 Å². The van der Waals surface area contributed by atoms with Crippen molar-refractivity contribution in [2.45, 2.75) is 52.1 Å². The van der Waals surface area contributed by atoms with E-state index in [1.807, 2.05) is 42.8 Å². The van der Waals surface area contributed by atoms with Gasteiger partial charge in [-0.25, -0.2) is 9.48 Å². The topological polar surface area (TPSA) is 78.2 Å². The molecule has 31 heavy (non-hydrogen) atoms. The zero-order valence-corrected chi connectivity index (χ0v) is 18.0. The minimum absolute atomic E-state index is 0.322. The van der Waals surface area contributed by atoms with Crippen molar-refractivity contribution < 1.29 is 14.3 Å². The Balaban J connectivity index is 1.36. The SMILES string of the molecule is Cc1cc(C(=O)OCC(=O)Nc2ccnn2C2CCCC2)c(C)n1Cc1ccccc1. The number of esters is 1. The van der Waals surface area contributed by atoms with Gasteiger partial charge >= 0.3 is 5.97 Å². The lowest BCUT2D eigenvalue weighted by Gasteiger charge is -2.14. The van der Waals surface area contributed by atoms with E-state index < -0.39 is 5.97 Å². The lowest BCUT2D eigenvalue weighted by atomic mass is 10.2. The fourth-order valence-electron chi connectivity index (χ4n) is 4.26. The van der Waals surface area contributed by atoms with E-state index in [4.69, 9.17) is 4.74 Å². The molecule has 0 spiro atoms. The smallest absolute Gasteiger partial charge is 0.340 e. The molecule has 7 nitrogen and oxygen atoms in total. The predicted molar refractivity (Wildman–Crippen MR) is 118 cm³/mol. The van der Waals surface area contributed by atoms with Crippen LogP contribution in [0.15, 0.2) is 48.7 Å². The molecule has 0 aliphatic heterocycles. The van der Waals surface area contributed by atoms with E-state index in [1.54, 1.807) is 12.3 Å². The summed E-state index contributed by atoms with van der Waals surface area (Å²) in [4.78, 5) is 25.0. The van der Waals surface area contributed by atoms with Crippen LogP contribution >= 0.6 is 0 Å². The first-order valence-electron chi connectivity index (χ1n) is 10.7. The lowest BCUT2D eigenvalue weighted by molar-refractivity contribution is -0.119. The highest BCUT2D eigenvalue weighted by molar-refractivity contribution is 5.95. The molecule has 2 aromatic heterocycles. The molecule has 1 aliphatic carbocycles. The molecule has 0 bridgehead atoms. The molecule has 1 aliphatic rings. The third kappa shape index (κ3) is 4.71. The first-order valence-corrected chi connectivity index (χ1v) is 10.7. The number of hydrogen-bond acceptors (Lipinski definition) is 4. The number of ether oxygens (including phenoxy) is 1. The number of anilines is 1. The van der Waals surface area contributed by atoms with Gasteiger partial charge in [-0.3, -0.25) is 4.79 Å². The van der Waals surface area contributed by atoms with Gasteiger partial charge in [0.15, 0.2) is 6.61 Å². The second-order valence-corrected chi connectivity index (χ2v) is 8.08. The fraction of sp³-hybridized carbons (Fsp3) is 0.375. The van der Waals surface area contributed by atoms with Gasteiger partial charge in [-0.15, -0.1) is 0 Å². The van der Waals surface area contributed by atoms with Gasteiger partial charge in [0.25, 0.3) is 5.91 Å². The third-order valence-electron chi connectivity index (χ3n) is 5.92. The third-order valence-corrected chi connectivity index (χ3v) is 5.92. The molecular formula is C24H28N4O3. The molecule has 7 heteroatoms. The quantitative estimate of drug-likeness (QED) is 0.579. The molecule has 1 fully saturated rings. The molecular weight excluding hydrogens is 392 g/mol. The van der Waals surface area contributed by atoms with Crippen LogP contribution in [-0.4, -0.2) is 32.8 Å². The number of nitrogens with zero attached hydrogens (tertiary/aromatic N) is 3. The zero-order chi connectivity index (χ0) is 21.8. The van der Waals surface area contributed by atoms with E-state index in [0.717, 1.165) is 29.8 Å². The normalized spacial score (nSPS) is 14.0. The summed E-state index contributed by atoms with van der Waals surface area (Å²) >= 11 is 0. The Bertz CT molecular complexity index is 1060. The van der Waals surface area contributed by atoms with Crippen molar-refractivity contribution in [2.24, 2.45) is 0 Å². The summed E-state index contributed by atoms with van der Waals surface area (Å²) in [5.74, 6) is -0.216. The fourth-order valence-corrected chi connectivity index (χ4v) is 4.26. The standard InChI is InChI=1S/C24H28N4O3/c1-17-14-21(18(2)27(17)15-19-8-4-3-5-9-19)24(30)31-16-23(29)26-22-12-13-25-28(22)20-10-6-7-11-20/h3-5,8-9,12-14,20H,6-7,10-11,15-16H2,1-2H3,(H,26,29). The minimum Gasteiger partial charge on any atom is -0.452 e.